The number of allylic oxidation sites excluding steroid dienone is 1. The molecule has 1 unspecified atom stereocenters. The standard InChI is InChI=1S/C20H38O4/c1-7-8-9-10-11-12-14-18(20(22-4,23-5)24-6)15-13-16-19(21)17(2)3/h18H,2,7-16H2,1,3-6H3. The first-order valence-corrected chi connectivity index (χ1v) is 9.31. The molecule has 0 radical (unpaired) electrons. The maximum atomic E-state index is 11.8. The molecule has 0 aromatic heterocycles. The topological polar surface area (TPSA) is 44.8 Å². The van der Waals surface area contributed by atoms with Crippen molar-refractivity contribution in [2.45, 2.75) is 84.0 Å². The van der Waals surface area contributed by atoms with Crippen molar-refractivity contribution >= 4 is 5.78 Å². The van der Waals surface area contributed by atoms with Gasteiger partial charge in [-0.1, -0.05) is 52.0 Å². The maximum Gasteiger partial charge on any atom is 0.285 e. The fourth-order valence-corrected chi connectivity index (χ4v) is 3.14. The number of hydrogen-bond acceptors (Lipinski definition) is 4. The highest BCUT2D eigenvalue weighted by Crippen LogP contribution is 2.32. The van der Waals surface area contributed by atoms with E-state index in [-0.39, 0.29) is 11.7 Å². The van der Waals surface area contributed by atoms with E-state index in [1.807, 2.05) is 0 Å². The van der Waals surface area contributed by atoms with Crippen LogP contribution in [0.2, 0.25) is 0 Å². The summed E-state index contributed by atoms with van der Waals surface area (Å²) < 4.78 is 16.7. The van der Waals surface area contributed by atoms with Gasteiger partial charge in [-0.3, -0.25) is 4.79 Å². The van der Waals surface area contributed by atoms with Crippen LogP contribution in [0.1, 0.15) is 78.1 Å². The predicted molar refractivity (Wildman–Crippen MR) is 98.9 cm³/mol. The van der Waals surface area contributed by atoms with Crippen molar-refractivity contribution < 1.29 is 19.0 Å². The minimum atomic E-state index is -1.02. The largest absolute Gasteiger partial charge is 0.331 e. The van der Waals surface area contributed by atoms with Gasteiger partial charge in [-0.2, -0.15) is 0 Å². The number of Topliss-reactive ketones (excluding diaryl/α,β-unsaturated/α-hetero) is 1. The van der Waals surface area contributed by atoms with Gasteiger partial charge >= 0.3 is 0 Å². The molecule has 1 atom stereocenters. The van der Waals surface area contributed by atoms with Crippen molar-refractivity contribution in [2.24, 2.45) is 5.92 Å². The molecule has 24 heavy (non-hydrogen) atoms. The molecule has 0 aromatic rings. The lowest BCUT2D eigenvalue weighted by Crippen LogP contribution is -2.44. The normalized spacial score (nSPS) is 13.0. The van der Waals surface area contributed by atoms with Crippen LogP contribution in [0, 0.1) is 5.92 Å². The second kappa shape index (κ2) is 13.6. The van der Waals surface area contributed by atoms with Crippen molar-refractivity contribution in [1.82, 2.24) is 0 Å². The Morgan fingerprint density at radius 3 is 1.92 bits per heavy atom. The van der Waals surface area contributed by atoms with Gasteiger partial charge in [0, 0.05) is 33.7 Å². The van der Waals surface area contributed by atoms with Crippen molar-refractivity contribution in [3.8, 4) is 0 Å². The Hall–Kier alpha value is -0.710. The van der Waals surface area contributed by atoms with Crippen LogP contribution >= 0.6 is 0 Å². The molecule has 4 nitrogen and oxygen atoms in total. The number of hydrogen-bond donors (Lipinski definition) is 0. The van der Waals surface area contributed by atoms with E-state index in [1.54, 1.807) is 28.3 Å². The molecule has 0 aliphatic carbocycles. The van der Waals surface area contributed by atoms with E-state index < -0.39 is 5.97 Å². The van der Waals surface area contributed by atoms with E-state index in [2.05, 4.69) is 13.5 Å². The Labute approximate surface area is 148 Å². The fourth-order valence-electron chi connectivity index (χ4n) is 3.14. The summed E-state index contributed by atoms with van der Waals surface area (Å²) in [6.45, 7) is 7.70. The van der Waals surface area contributed by atoms with Crippen LogP contribution in [-0.4, -0.2) is 33.1 Å². The Kier molecular flexibility index (Phi) is 13.2. The lowest BCUT2D eigenvalue weighted by molar-refractivity contribution is -0.380. The van der Waals surface area contributed by atoms with Crippen LogP contribution in [0.4, 0.5) is 0 Å². The van der Waals surface area contributed by atoms with Crippen LogP contribution < -0.4 is 0 Å². The van der Waals surface area contributed by atoms with Crippen LogP contribution in [0.3, 0.4) is 0 Å². The van der Waals surface area contributed by atoms with Crippen molar-refractivity contribution in [3.63, 3.8) is 0 Å². The number of carbonyl (C=O) groups excluding carboxylic acids is 1. The third-order valence-electron chi connectivity index (χ3n) is 4.69. The molecule has 0 spiro atoms. The zero-order valence-electron chi connectivity index (χ0n) is 16.5. The summed E-state index contributed by atoms with van der Waals surface area (Å²) in [7, 11) is 4.83. The van der Waals surface area contributed by atoms with E-state index in [1.165, 1.54) is 32.1 Å². The first-order valence-electron chi connectivity index (χ1n) is 9.31. The van der Waals surface area contributed by atoms with Gasteiger partial charge in [-0.05, 0) is 31.8 Å². The van der Waals surface area contributed by atoms with Crippen LogP contribution in [-0.2, 0) is 19.0 Å². The Morgan fingerprint density at radius 2 is 1.42 bits per heavy atom. The Morgan fingerprint density at radius 1 is 0.917 bits per heavy atom. The quantitative estimate of drug-likeness (QED) is 0.218. The summed E-state index contributed by atoms with van der Waals surface area (Å²) in [6.07, 6.45) is 10.6. The summed E-state index contributed by atoms with van der Waals surface area (Å²) in [5.41, 5.74) is 0.624. The van der Waals surface area contributed by atoms with Gasteiger partial charge in [0.05, 0.1) is 0 Å². The summed E-state index contributed by atoms with van der Waals surface area (Å²) in [4.78, 5) is 11.8. The van der Waals surface area contributed by atoms with E-state index in [4.69, 9.17) is 14.2 Å². The van der Waals surface area contributed by atoms with E-state index in [0.29, 0.717) is 12.0 Å². The highest BCUT2D eigenvalue weighted by atomic mass is 16.9. The second-order valence-corrected chi connectivity index (χ2v) is 6.57. The molecule has 0 saturated heterocycles. The molecule has 0 amide bonds. The van der Waals surface area contributed by atoms with Crippen LogP contribution in [0.5, 0.6) is 0 Å². The monoisotopic (exact) mass is 342 g/mol. The van der Waals surface area contributed by atoms with Crippen LogP contribution in [0.15, 0.2) is 12.2 Å². The smallest absolute Gasteiger partial charge is 0.285 e. The minimum Gasteiger partial charge on any atom is -0.331 e. The van der Waals surface area contributed by atoms with Gasteiger partial charge in [0.15, 0.2) is 5.78 Å². The molecule has 0 N–H and O–H groups in total. The molecule has 0 fully saturated rings. The average molecular weight is 343 g/mol. The number of unbranched alkanes of at least 4 members (excludes halogenated alkanes) is 5. The van der Waals surface area contributed by atoms with Gasteiger partial charge in [-0.15, -0.1) is 0 Å². The number of methoxy groups -OCH3 is 3. The maximum absolute atomic E-state index is 11.8. The summed E-state index contributed by atoms with van der Waals surface area (Å²) in [5.74, 6) is -0.775. The number of ether oxygens (including phenoxy) is 3. The van der Waals surface area contributed by atoms with Gasteiger partial charge in [0.1, 0.15) is 0 Å². The number of carbonyl (C=O) groups is 1. The predicted octanol–water partition coefficient (Wildman–Crippen LogP) is 5.26. The molecule has 0 heterocycles. The second-order valence-electron chi connectivity index (χ2n) is 6.57. The fraction of sp³-hybridized carbons (Fsp3) is 0.850. The highest BCUT2D eigenvalue weighted by molar-refractivity contribution is 5.93. The van der Waals surface area contributed by atoms with Crippen molar-refractivity contribution in [3.05, 3.63) is 12.2 Å². The third-order valence-corrected chi connectivity index (χ3v) is 4.69. The Balaban J connectivity index is 4.54. The Bertz CT molecular complexity index is 339. The van der Waals surface area contributed by atoms with Crippen molar-refractivity contribution in [2.75, 3.05) is 21.3 Å². The van der Waals surface area contributed by atoms with E-state index >= 15 is 0 Å². The molecular weight excluding hydrogens is 304 g/mol. The number of rotatable bonds is 16. The first kappa shape index (κ1) is 23.3. The summed E-state index contributed by atoms with van der Waals surface area (Å²) in [6, 6.07) is 0. The molecule has 0 aromatic carbocycles. The molecular formula is C20H38O4. The van der Waals surface area contributed by atoms with Gasteiger partial charge in [0.2, 0.25) is 0 Å². The van der Waals surface area contributed by atoms with Gasteiger partial charge in [0.25, 0.3) is 5.97 Å². The summed E-state index contributed by atoms with van der Waals surface area (Å²) in [5, 5.41) is 0. The zero-order valence-corrected chi connectivity index (χ0v) is 16.5. The minimum absolute atomic E-state index is 0.113. The molecule has 142 valence electrons. The lowest BCUT2D eigenvalue weighted by Gasteiger charge is -2.36. The first-order chi connectivity index (χ1) is 11.5. The summed E-state index contributed by atoms with van der Waals surface area (Å²) >= 11 is 0. The average Bonchev–Trinajstić information content (AvgIpc) is 2.58. The van der Waals surface area contributed by atoms with Gasteiger partial charge < -0.3 is 14.2 Å². The number of ketones is 1. The molecule has 0 aliphatic heterocycles. The van der Waals surface area contributed by atoms with Crippen LogP contribution in [0.25, 0.3) is 0 Å². The third kappa shape index (κ3) is 8.41. The van der Waals surface area contributed by atoms with Crippen molar-refractivity contribution in [1.29, 1.82) is 0 Å². The molecule has 0 saturated carbocycles. The van der Waals surface area contributed by atoms with Gasteiger partial charge in [-0.25, -0.2) is 0 Å². The molecule has 4 heteroatoms. The van der Waals surface area contributed by atoms with E-state index in [0.717, 1.165) is 25.7 Å². The molecule has 0 rings (SSSR count). The zero-order chi connectivity index (χ0) is 18.4. The SMILES string of the molecule is C=C(C)C(=O)CCCC(CCCCCCCC)C(OC)(OC)OC. The lowest BCUT2D eigenvalue weighted by atomic mass is 9.91. The van der Waals surface area contributed by atoms with E-state index in [9.17, 15) is 4.79 Å². The molecule has 0 aliphatic rings. The highest BCUT2D eigenvalue weighted by Gasteiger charge is 2.39. The molecule has 0 bridgehead atoms.